The molecule has 1 saturated heterocycles. The van der Waals surface area contributed by atoms with Crippen LogP contribution in [0.25, 0.3) is 11.3 Å². The molecule has 8 heteroatoms. The summed E-state index contributed by atoms with van der Waals surface area (Å²) < 4.78 is 10.3. The van der Waals surface area contributed by atoms with Gasteiger partial charge in [-0.05, 0) is 30.7 Å². The average Bonchev–Trinajstić information content (AvgIpc) is 3.28. The SMILES string of the molecule is COC(=O)c1ccc(-c2nc(N3CCOCC3)nc3c2CCN3c2ccncc2)cc1. The second-order valence-electron chi connectivity index (χ2n) is 7.45. The molecule has 0 spiro atoms. The number of hydrogen-bond donors (Lipinski definition) is 0. The van der Waals surface area contributed by atoms with Gasteiger partial charge in [0.15, 0.2) is 0 Å². The fourth-order valence-corrected chi connectivity index (χ4v) is 4.04. The summed E-state index contributed by atoms with van der Waals surface area (Å²) in [7, 11) is 1.38. The highest BCUT2D eigenvalue weighted by atomic mass is 16.5. The van der Waals surface area contributed by atoms with Crippen molar-refractivity contribution in [2.45, 2.75) is 6.42 Å². The molecular weight excluding hydrogens is 394 g/mol. The third-order valence-electron chi connectivity index (χ3n) is 5.66. The summed E-state index contributed by atoms with van der Waals surface area (Å²) >= 11 is 0. The van der Waals surface area contributed by atoms with Crippen molar-refractivity contribution in [3.8, 4) is 11.3 Å². The first-order valence-electron chi connectivity index (χ1n) is 10.3. The van der Waals surface area contributed by atoms with Crippen LogP contribution in [0.15, 0.2) is 48.8 Å². The monoisotopic (exact) mass is 417 g/mol. The van der Waals surface area contributed by atoms with Crippen molar-refractivity contribution in [3.05, 3.63) is 59.9 Å². The van der Waals surface area contributed by atoms with Crippen molar-refractivity contribution in [2.24, 2.45) is 0 Å². The van der Waals surface area contributed by atoms with Gasteiger partial charge in [-0.3, -0.25) is 4.98 Å². The highest BCUT2D eigenvalue weighted by molar-refractivity contribution is 5.90. The predicted octanol–water partition coefficient (Wildman–Crippen LogP) is 2.86. The number of carbonyl (C=O) groups excluding carboxylic acids is 1. The van der Waals surface area contributed by atoms with E-state index in [0.29, 0.717) is 24.7 Å². The molecule has 0 bridgehead atoms. The number of hydrogen-bond acceptors (Lipinski definition) is 8. The summed E-state index contributed by atoms with van der Waals surface area (Å²) in [6, 6.07) is 11.4. The molecule has 8 nitrogen and oxygen atoms in total. The number of aromatic nitrogens is 3. The maximum Gasteiger partial charge on any atom is 0.337 e. The Bertz CT molecular complexity index is 1080. The molecule has 1 aromatic carbocycles. The zero-order valence-corrected chi connectivity index (χ0v) is 17.3. The standard InChI is InChI=1S/C23H23N5O3/c1-30-22(29)17-4-2-16(3-5-17)20-19-8-11-28(18-6-9-24-10-7-18)21(19)26-23(25-20)27-12-14-31-15-13-27/h2-7,9-10H,8,11-15H2,1H3. The molecule has 0 amide bonds. The van der Waals surface area contributed by atoms with Gasteiger partial charge in [-0.15, -0.1) is 0 Å². The van der Waals surface area contributed by atoms with Crippen LogP contribution in [0.2, 0.25) is 0 Å². The Balaban J connectivity index is 1.60. The Morgan fingerprint density at radius 3 is 2.45 bits per heavy atom. The number of rotatable bonds is 4. The van der Waals surface area contributed by atoms with E-state index in [2.05, 4.69) is 14.8 Å². The van der Waals surface area contributed by atoms with Crippen LogP contribution >= 0.6 is 0 Å². The van der Waals surface area contributed by atoms with E-state index in [1.807, 2.05) is 24.3 Å². The predicted molar refractivity (Wildman–Crippen MR) is 117 cm³/mol. The van der Waals surface area contributed by atoms with Gasteiger partial charge < -0.3 is 19.3 Å². The molecule has 5 rings (SSSR count). The Kier molecular flexibility index (Phi) is 5.21. The number of fused-ring (bicyclic) bond motifs is 1. The summed E-state index contributed by atoms with van der Waals surface area (Å²) in [6.07, 6.45) is 4.43. The van der Waals surface area contributed by atoms with E-state index in [1.165, 1.54) is 7.11 Å². The van der Waals surface area contributed by atoms with E-state index in [-0.39, 0.29) is 5.97 Å². The first-order valence-corrected chi connectivity index (χ1v) is 10.3. The number of morpholine rings is 1. The second-order valence-corrected chi connectivity index (χ2v) is 7.45. The number of pyridine rings is 1. The first kappa shape index (κ1) is 19.4. The van der Waals surface area contributed by atoms with Crippen LogP contribution in [0.1, 0.15) is 15.9 Å². The van der Waals surface area contributed by atoms with Crippen LogP contribution < -0.4 is 9.80 Å². The van der Waals surface area contributed by atoms with Crippen LogP contribution in [0, 0.1) is 0 Å². The normalized spacial score (nSPS) is 15.6. The lowest BCUT2D eigenvalue weighted by Gasteiger charge is -2.28. The lowest BCUT2D eigenvalue weighted by molar-refractivity contribution is 0.0600. The molecule has 3 aromatic rings. The summed E-state index contributed by atoms with van der Waals surface area (Å²) in [5.41, 5.74) is 4.55. The minimum atomic E-state index is -0.350. The zero-order chi connectivity index (χ0) is 21.2. The maximum atomic E-state index is 11.8. The number of carbonyl (C=O) groups is 1. The average molecular weight is 417 g/mol. The fraction of sp³-hybridized carbons (Fsp3) is 0.304. The highest BCUT2D eigenvalue weighted by Crippen LogP contribution is 2.39. The minimum Gasteiger partial charge on any atom is -0.465 e. The van der Waals surface area contributed by atoms with E-state index in [9.17, 15) is 4.79 Å². The van der Waals surface area contributed by atoms with Crippen LogP contribution in [-0.2, 0) is 15.9 Å². The molecule has 0 aliphatic carbocycles. The topological polar surface area (TPSA) is 80.7 Å². The summed E-state index contributed by atoms with van der Waals surface area (Å²) in [5, 5.41) is 0. The van der Waals surface area contributed by atoms with Gasteiger partial charge in [0.25, 0.3) is 0 Å². The molecule has 0 unspecified atom stereocenters. The first-order chi connectivity index (χ1) is 15.2. The van der Waals surface area contributed by atoms with Crippen LogP contribution in [0.4, 0.5) is 17.5 Å². The maximum absolute atomic E-state index is 11.8. The lowest BCUT2D eigenvalue weighted by atomic mass is 10.0. The van der Waals surface area contributed by atoms with E-state index in [4.69, 9.17) is 19.4 Å². The van der Waals surface area contributed by atoms with Gasteiger partial charge >= 0.3 is 5.97 Å². The number of nitrogens with zero attached hydrogens (tertiary/aromatic N) is 5. The third kappa shape index (κ3) is 3.70. The van der Waals surface area contributed by atoms with Crippen LogP contribution in [0.5, 0.6) is 0 Å². The minimum absolute atomic E-state index is 0.350. The largest absolute Gasteiger partial charge is 0.465 e. The molecule has 31 heavy (non-hydrogen) atoms. The van der Waals surface area contributed by atoms with Crippen LogP contribution in [0.3, 0.4) is 0 Å². The molecule has 0 N–H and O–H groups in total. The van der Waals surface area contributed by atoms with Crippen molar-refractivity contribution >= 4 is 23.4 Å². The van der Waals surface area contributed by atoms with Gasteiger partial charge in [-0.2, -0.15) is 4.98 Å². The molecular formula is C23H23N5O3. The molecule has 0 atom stereocenters. The van der Waals surface area contributed by atoms with Crippen molar-refractivity contribution in [2.75, 3.05) is 49.8 Å². The van der Waals surface area contributed by atoms with Crippen molar-refractivity contribution in [1.82, 2.24) is 15.0 Å². The van der Waals surface area contributed by atoms with E-state index < -0.39 is 0 Å². The van der Waals surface area contributed by atoms with Crippen molar-refractivity contribution < 1.29 is 14.3 Å². The zero-order valence-electron chi connectivity index (χ0n) is 17.3. The van der Waals surface area contributed by atoms with E-state index >= 15 is 0 Å². The molecule has 1 fully saturated rings. The Hall–Kier alpha value is -3.52. The van der Waals surface area contributed by atoms with Gasteiger partial charge in [0, 0.05) is 48.8 Å². The highest BCUT2D eigenvalue weighted by Gasteiger charge is 2.29. The number of methoxy groups -OCH3 is 1. The smallest absolute Gasteiger partial charge is 0.337 e. The van der Waals surface area contributed by atoms with E-state index in [1.54, 1.807) is 24.5 Å². The molecule has 0 radical (unpaired) electrons. The van der Waals surface area contributed by atoms with Crippen molar-refractivity contribution in [3.63, 3.8) is 0 Å². The van der Waals surface area contributed by atoms with Crippen molar-refractivity contribution in [1.29, 1.82) is 0 Å². The van der Waals surface area contributed by atoms with Gasteiger partial charge in [0.2, 0.25) is 5.95 Å². The Labute approximate surface area is 180 Å². The lowest BCUT2D eigenvalue weighted by Crippen LogP contribution is -2.37. The molecule has 0 saturated carbocycles. The summed E-state index contributed by atoms with van der Waals surface area (Å²) in [6.45, 7) is 3.67. The van der Waals surface area contributed by atoms with Crippen LogP contribution in [-0.4, -0.2) is 60.9 Å². The number of esters is 1. The number of benzene rings is 1. The Morgan fingerprint density at radius 2 is 1.74 bits per heavy atom. The molecule has 158 valence electrons. The summed E-state index contributed by atoms with van der Waals surface area (Å²) in [4.78, 5) is 30.3. The van der Waals surface area contributed by atoms with E-state index in [0.717, 1.165) is 54.4 Å². The molecule has 4 heterocycles. The fourth-order valence-electron chi connectivity index (χ4n) is 4.04. The quantitative estimate of drug-likeness (QED) is 0.600. The number of anilines is 3. The third-order valence-corrected chi connectivity index (χ3v) is 5.66. The molecule has 2 aromatic heterocycles. The Morgan fingerprint density at radius 1 is 1.00 bits per heavy atom. The summed E-state index contributed by atoms with van der Waals surface area (Å²) in [5.74, 6) is 1.28. The second kappa shape index (κ2) is 8.31. The van der Waals surface area contributed by atoms with Gasteiger partial charge in [0.1, 0.15) is 5.82 Å². The van der Waals surface area contributed by atoms with Gasteiger partial charge in [0.05, 0.1) is 31.6 Å². The van der Waals surface area contributed by atoms with Gasteiger partial charge in [-0.1, -0.05) is 12.1 Å². The molecule has 2 aliphatic heterocycles. The molecule has 2 aliphatic rings. The van der Waals surface area contributed by atoms with Gasteiger partial charge in [-0.25, -0.2) is 9.78 Å². The number of ether oxygens (including phenoxy) is 2.